The molecule has 5 nitrogen and oxygen atoms in total. The van der Waals surface area contributed by atoms with Gasteiger partial charge < -0.3 is 9.84 Å². The molecule has 1 aliphatic rings. The number of benzene rings is 1. The van der Waals surface area contributed by atoms with Gasteiger partial charge in [-0.1, -0.05) is 12.1 Å². The Kier molecular flexibility index (Phi) is 3.39. The standard InChI is InChI=1S/C16H17FN2O3/c1-16(2)8-5-9-19-14(22-16)12(15(20)21)13(18-19)10-6-3-4-7-11(10)17/h3-4,6-7H,5,8-9H2,1-2H3,(H,20,21). The van der Waals surface area contributed by atoms with E-state index in [1.54, 1.807) is 12.1 Å². The van der Waals surface area contributed by atoms with Crippen LogP contribution in [0.1, 0.15) is 37.0 Å². The van der Waals surface area contributed by atoms with Crippen molar-refractivity contribution in [2.45, 2.75) is 38.8 Å². The maximum atomic E-state index is 14.0. The highest BCUT2D eigenvalue weighted by Crippen LogP contribution is 2.36. The molecule has 116 valence electrons. The number of carbonyl (C=O) groups is 1. The van der Waals surface area contributed by atoms with Crippen LogP contribution in [0.15, 0.2) is 24.3 Å². The van der Waals surface area contributed by atoms with Gasteiger partial charge in [-0.15, -0.1) is 0 Å². The second-order valence-electron chi connectivity index (χ2n) is 6.00. The number of aromatic carboxylic acids is 1. The molecule has 0 saturated carbocycles. The lowest BCUT2D eigenvalue weighted by molar-refractivity contribution is 0.0669. The molecular weight excluding hydrogens is 287 g/mol. The molecule has 1 aromatic heterocycles. The lowest BCUT2D eigenvalue weighted by Crippen LogP contribution is -2.27. The Hall–Kier alpha value is -2.37. The van der Waals surface area contributed by atoms with E-state index in [0.29, 0.717) is 6.54 Å². The monoisotopic (exact) mass is 304 g/mol. The molecule has 2 aromatic rings. The van der Waals surface area contributed by atoms with Gasteiger partial charge in [0, 0.05) is 12.1 Å². The van der Waals surface area contributed by atoms with Crippen LogP contribution in [0.4, 0.5) is 4.39 Å². The fourth-order valence-electron chi connectivity index (χ4n) is 2.70. The smallest absolute Gasteiger partial charge is 0.343 e. The minimum absolute atomic E-state index is 0.0833. The first-order valence-corrected chi connectivity index (χ1v) is 7.17. The molecule has 0 saturated heterocycles. The molecule has 0 amide bonds. The molecule has 1 N–H and O–H groups in total. The van der Waals surface area contributed by atoms with Crippen LogP contribution in [0.5, 0.6) is 5.88 Å². The Morgan fingerprint density at radius 3 is 2.82 bits per heavy atom. The first-order valence-electron chi connectivity index (χ1n) is 7.17. The molecule has 0 radical (unpaired) electrons. The van der Waals surface area contributed by atoms with Crippen LogP contribution >= 0.6 is 0 Å². The number of halogens is 1. The van der Waals surface area contributed by atoms with Gasteiger partial charge in [0.05, 0.1) is 0 Å². The fraction of sp³-hybridized carbons (Fsp3) is 0.375. The second kappa shape index (κ2) is 5.12. The molecule has 0 fully saturated rings. The summed E-state index contributed by atoms with van der Waals surface area (Å²) >= 11 is 0. The van der Waals surface area contributed by atoms with Crippen molar-refractivity contribution in [1.82, 2.24) is 9.78 Å². The van der Waals surface area contributed by atoms with Crippen molar-refractivity contribution in [3.8, 4) is 17.1 Å². The molecule has 0 aliphatic carbocycles. The summed E-state index contributed by atoms with van der Waals surface area (Å²) in [6, 6.07) is 6.02. The van der Waals surface area contributed by atoms with Crippen molar-refractivity contribution in [2.75, 3.05) is 0 Å². The van der Waals surface area contributed by atoms with Crippen molar-refractivity contribution in [2.24, 2.45) is 0 Å². The third-order valence-corrected chi connectivity index (χ3v) is 3.77. The number of nitrogens with zero attached hydrogens (tertiary/aromatic N) is 2. The largest absolute Gasteiger partial charge is 0.477 e. The summed E-state index contributed by atoms with van der Waals surface area (Å²) in [6.45, 7) is 4.36. The van der Waals surface area contributed by atoms with Gasteiger partial charge in [-0.25, -0.2) is 13.9 Å². The maximum Gasteiger partial charge on any atom is 0.343 e. The normalized spacial score (nSPS) is 16.5. The number of aryl methyl sites for hydroxylation is 1. The summed E-state index contributed by atoms with van der Waals surface area (Å²) in [5.41, 5.74) is -0.286. The minimum atomic E-state index is -1.17. The number of carboxylic acid groups (broad SMARTS) is 1. The van der Waals surface area contributed by atoms with Crippen LogP contribution < -0.4 is 4.74 Å². The van der Waals surface area contributed by atoms with Crippen molar-refractivity contribution in [1.29, 1.82) is 0 Å². The van der Waals surface area contributed by atoms with Crippen LogP contribution in [0.25, 0.3) is 11.3 Å². The van der Waals surface area contributed by atoms with E-state index in [4.69, 9.17) is 4.74 Å². The highest BCUT2D eigenvalue weighted by atomic mass is 19.1. The van der Waals surface area contributed by atoms with Crippen LogP contribution in [-0.4, -0.2) is 26.5 Å². The first-order chi connectivity index (χ1) is 10.4. The molecule has 22 heavy (non-hydrogen) atoms. The van der Waals surface area contributed by atoms with E-state index in [-0.39, 0.29) is 22.7 Å². The van der Waals surface area contributed by atoms with Gasteiger partial charge in [0.15, 0.2) is 0 Å². The zero-order chi connectivity index (χ0) is 15.9. The summed E-state index contributed by atoms with van der Waals surface area (Å²) < 4.78 is 21.4. The third kappa shape index (κ3) is 2.45. The average molecular weight is 304 g/mol. The van der Waals surface area contributed by atoms with Gasteiger partial charge in [-0.2, -0.15) is 5.10 Å². The van der Waals surface area contributed by atoms with Gasteiger partial charge in [0.25, 0.3) is 0 Å². The number of hydrogen-bond acceptors (Lipinski definition) is 3. The first kappa shape index (κ1) is 14.6. The number of fused-ring (bicyclic) bond motifs is 1. The van der Waals surface area contributed by atoms with Crippen molar-refractivity contribution < 1.29 is 19.0 Å². The molecule has 1 aromatic carbocycles. The average Bonchev–Trinajstić information content (AvgIpc) is 2.69. The number of hydrogen-bond donors (Lipinski definition) is 1. The van der Waals surface area contributed by atoms with Gasteiger partial charge in [-0.3, -0.25) is 0 Å². The van der Waals surface area contributed by atoms with Crippen LogP contribution in [0.3, 0.4) is 0 Å². The third-order valence-electron chi connectivity index (χ3n) is 3.77. The zero-order valence-electron chi connectivity index (χ0n) is 12.5. The van der Waals surface area contributed by atoms with E-state index in [9.17, 15) is 14.3 Å². The van der Waals surface area contributed by atoms with E-state index in [1.165, 1.54) is 16.8 Å². The topological polar surface area (TPSA) is 64.4 Å². The minimum Gasteiger partial charge on any atom is -0.477 e. The SMILES string of the molecule is CC1(C)CCCn2nc(-c3ccccc3F)c(C(=O)O)c2O1. The molecule has 2 heterocycles. The van der Waals surface area contributed by atoms with Crippen molar-refractivity contribution >= 4 is 5.97 Å². The number of aromatic nitrogens is 2. The van der Waals surface area contributed by atoms with E-state index >= 15 is 0 Å². The number of carboxylic acids is 1. The molecular formula is C16H17FN2O3. The van der Waals surface area contributed by atoms with E-state index in [2.05, 4.69) is 5.10 Å². The summed E-state index contributed by atoms with van der Waals surface area (Å²) in [4.78, 5) is 11.7. The van der Waals surface area contributed by atoms with Crippen LogP contribution in [-0.2, 0) is 6.54 Å². The lowest BCUT2D eigenvalue weighted by Gasteiger charge is -2.23. The lowest BCUT2D eigenvalue weighted by atomic mass is 10.0. The Morgan fingerprint density at radius 2 is 2.14 bits per heavy atom. The number of ether oxygens (including phenoxy) is 1. The van der Waals surface area contributed by atoms with Crippen molar-refractivity contribution in [3.05, 3.63) is 35.6 Å². The fourth-order valence-corrected chi connectivity index (χ4v) is 2.70. The Morgan fingerprint density at radius 1 is 1.41 bits per heavy atom. The number of rotatable bonds is 2. The Labute approximate surface area is 127 Å². The molecule has 0 bridgehead atoms. The molecule has 3 rings (SSSR count). The van der Waals surface area contributed by atoms with Crippen LogP contribution in [0.2, 0.25) is 0 Å². The van der Waals surface area contributed by atoms with Crippen LogP contribution in [0, 0.1) is 5.82 Å². The van der Waals surface area contributed by atoms with Gasteiger partial charge >= 0.3 is 5.97 Å². The molecule has 1 aliphatic heterocycles. The predicted molar refractivity (Wildman–Crippen MR) is 78.5 cm³/mol. The molecule has 0 atom stereocenters. The summed E-state index contributed by atoms with van der Waals surface area (Å²) in [6.07, 6.45) is 1.61. The quantitative estimate of drug-likeness (QED) is 0.924. The highest BCUT2D eigenvalue weighted by Gasteiger charge is 2.33. The molecule has 0 spiro atoms. The second-order valence-corrected chi connectivity index (χ2v) is 6.00. The molecule has 0 unspecified atom stereocenters. The maximum absolute atomic E-state index is 14.0. The van der Waals surface area contributed by atoms with Gasteiger partial charge in [0.2, 0.25) is 5.88 Å². The summed E-state index contributed by atoms with van der Waals surface area (Å²) in [7, 11) is 0. The zero-order valence-corrected chi connectivity index (χ0v) is 12.5. The predicted octanol–water partition coefficient (Wildman–Crippen LogP) is 3.34. The Balaban J connectivity index is 2.22. The van der Waals surface area contributed by atoms with E-state index in [0.717, 1.165) is 12.8 Å². The highest BCUT2D eigenvalue weighted by molar-refractivity contribution is 5.97. The van der Waals surface area contributed by atoms with E-state index in [1.807, 2.05) is 13.8 Å². The van der Waals surface area contributed by atoms with Crippen molar-refractivity contribution in [3.63, 3.8) is 0 Å². The van der Waals surface area contributed by atoms with E-state index < -0.39 is 17.4 Å². The molecule has 6 heteroatoms. The Bertz CT molecular complexity index is 737. The van der Waals surface area contributed by atoms with Gasteiger partial charge in [-0.05, 0) is 38.8 Å². The van der Waals surface area contributed by atoms with Gasteiger partial charge in [0.1, 0.15) is 22.7 Å². The summed E-state index contributed by atoms with van der Waals surface area (Å²) in [5, 5.41) is 13.9. The summed E-state index contributed by atoms with van der Waals surface area (Å²) in [5.74, 6) is -1.47.